The normalized spacial score (nSPS) is 14.7. The van der Waals surface area contributed by atoms with Gasteiger partial charge in [-0.15, -0.1) is 0 Å². The predicted octanol–water partition coefficient (Wildman–Crippen LogP) is 12.7. The van der Waals surface area contributed by atoms with Crippen LogP contribution >= 0.6 is 0 Å². The molecule has 8 heteroatoms. The molecule has 8 nitrogen and oxygen atoms in total. The average molecular weight is 765 g/mol. The second-order valence-electron chi connectivity index (χ2n) is 16.0. The van der Waals surface area contributed by atoms with Crippen molar-refractivity contribution in [2.75, 3.05) is 26.4 Å². The van der Waals surface area contributed by atoms with E-state index in [2.05, 4.69) is 27.7 Å². The number of carbonyl (C=O) groups is 4. The van der Waals surface area contributed by atoms with Gasteiger partial charge in [0, 0.05) is 0 Å². The second-order valence-corrected chi connectivity index (χ2v) is 16.0. The first-order valence-electron chi connectivity index (χ1n) is 23.1. The number of unbranched alkanes of at least 4 members (excludes halogenated alkanes) is 24. The zero-order chi connectivity index (χ0) is 39.6. The van der Waals surface area contributed by atoms with Gasteiger partial charge in [0.15, 0.2) is 10.8 Å². The Labute approximate surface area is 331 Å². The molecule has 1 fully saturated rings. The van der Waals surface area contributed by atoms with Crippen molar-refractivity contribution in [1.29, 1.82) is 0 Å². The van der Waals surface area contributed by atoms with Gasteiger partial charge in [-0.1, -0.05) is 195 Å². The van der Waals surface area contributed by atoms with Crippen molar-refractivity contribution in [2.45, 2.75) is 233 Å². The SMILES string of the molecule is CCCCCCCCCOC(=O)C1(C(=O)OCCCCCCCCC)CCCCC1(C(=O)OCCCCCCCCC)C(=O)OCCCCCCCCC. The standard InChI is InChI=1S/C46H84O8/c1-5-9-13-17-21-25-31-37-51-41(47)45(42(48)52-38-32-26-22-18-14-10-6-2)35-29-30-36-46(45,43(49)53-39-33-27-23-19-15-11-7-3)44(50)54-40-34-28-24-20-16-12-8-4/h5-40H2,1-4H3. The quantitative estimate of drug-likeness (QED) is 0.0269. The van der Waals surface area contributed by atoms with Gasteiger partial charge in [0.2, 0.25) is 0 Å². The number of rotatable bonds is 36. The highest BCUT2D eigenvalue weighted by Gasteiger charge is 2.73. The minimum absolute atomic E-state index is 0.0161. The Morgan fingerprint density at radius 2 is 0.500 bits per heavy atom. The van der Waals surface area contributed by atoms with Gasteiger partial charge in [0.1, 0.15) is 0 Å². The van der Waals surface area contributed by atoms with Gasteiger partial charge in [-0.3, -0.25) is 19.2 Å². The van der Waals surface area contributed by atoms with E-state index in [9.17, 15) is 19.2 Å². The van der Waals surface area contributed by atoms with Crippen molar-refractivity contribution < 1.29 is 38.1 Å². The Balaban J connectivity index is 3.27. The molecule has 0 spiro atoms. The molecular weight excluding hydrogens is 680 g/mol. The van der Waals surface area contributed by atoms with Crippen molar-refractivity contribution in [2.24, 2.45) is 10.8 Å². The van der Waals surface area contributed by atoms with Gasteiger partial charge < -0.3 is 18.9 Å². The Kier molecular flexibility index (Phi) is 30.5. The molecule has 0 aromatic rings. The molecule has 316 valence electrons. The van der Waals surface area contributed by atoms with Gasteiger partial charge in [-0.05, 0) is 38.5 Å². The van der Waals surface area contributed by atoms with E-state index < -0.39 is 34.7 Å². The topological polar surface area (TPSA) is 105 Å². The number of hydrogen-bond acceptors (Lipinski definition) is 8. The maximum absolute atomic E-state index is 14.5. The van der Waals surface area contributed by atoms with Crippen LogP contribution in [0.25, 0.3) is 0 Å². The van der Waals surface area contributed by atoms with Crippen LogP contribution in [0.3, 0.4) is 0 Å². The van der Waals surface area contributed by atoms with Crippen LogP contribution in [0.5, 0.6) is 0 Å². The molecule has 1 saturated carbocycles. The summed E-state index contributed by atoms with van der Waals surface area (Å²) in [5.41, 5.74) is -4.30. The van der Waals surface area contributed by atoms with Crippen LogP contribution in [0, 0.1) is 10.8 Å². The molecule has 0 atom stereocenters. The van der Waals surface area contributed by atoms with Gasteiger partial charge in [-0.25, -0.2) is 0 Å². The number of carbonyl (C=O) groups excluding carboxylic acids is 4. The first kappa shape index (κ1) is 49.9. The summed E-state index contributed by atoms with van der Waals surface area (Å²) in [6, 6.07) is 0. The largest absolute Gasteiger partial charge is 0.465 e. The molecule has 0 aliphatic heterocycles. The minimum Gasteiger partial charge on any atom is -0.465 e. The zero-order valence-electron chi connectivity index (χ0n) is 35.7. The molecule has 0 bridgehead atoms. The highest BCUT2D eigenvalue weighted by atomic mass is 16.6. The monoisotopic (exact) mass is 765 g/mol. The maximum Gasteiger partial charge on any atom is 0.325 e. The lowest BCUT2D eigenvalue weighted by atomic mass is 9.55. The summed E-state index contributed by atoms with van der Waals surface area (Å²) in [6.45, 7) is 9.25. The third-order valence-corrected chi connectivity index (χ3v) is 11.4. The van der Waals surface area contributed by atoms with E-state index in [1.54, 1.807) is 0 Å². The van der Waals surface area contributed by atoms with Crippen LogP contribution < -0.4 is 0 Å². The highest BCUT2D eigenvalue weighted by Crippen LogP contribution is 2.54. The molecule has 0 unspecified atom stereocenters. The van der Waals surface area contributed by atoms with E-state index in [-0.39, 0.29) is 39.3 Å². The van der Waals surface area contributed by atoms with Crippen LogP contribution in [-0.4, -0.2) is 50.3 Å². The minimum atomic E-state index is -2.15. The van der Waals surface area contributed by atoms with Crippen LogP contribution in [-0.2, 0) is 38.1 Å². The summed E-state index contributed by atoms with van der Waals surface area (Å²) >= 11 is 0. The molecule has 1 aliphatic carbocycles. The van der Waals surface area contributed by atoms with Crippen molar-refractivity contribution in [3.63, 3.8) is 0 Å². The van der Waals surface area contributed by atoms with Gasteiger partial charge >= 0.3 is 23.9 Å². The summed E-state index contributed by atoms with van der Waals surface area (Å²) in [7, 11) is 0. The Morgan fingerprint density at radius 1 is 0.315 bits per heavy atom. The second kappa shape index (κ2) is 33.1. The van der Waals surface area contributed by atoms with E-state index in [1.165, 1.54) is 77.0 Å². The first-order valence-corrected chi connectivity index (χ1v) is 23.1. The van der Waals surface area contributed by atoms with Crippen molar-refractivity contribution in [3.8, 4) is 0 Å². The molecule has 54 heavy (non-hydrogen) atoms. The molecule has 1 aliphatic rings. The fourth-order valence-electron chi connectivity index (χ4n) is 7.87. The lowest BCUT2D eigenvalue weighted by Crippen LogP contribution is -2.64. The van der Waals surface area contributed by atoms with E-state index in [1.807, 2.05) is 0 Å². The smallest absolute Gasteiger partial charge is 0.325 e. The van der Waals surface area contributed by atoms with Crippen LogP contribution in [0.1, 0.15) is 233 Å². The zero-order valence-corrected chi connectivity index (χ0v) is 35.7. The van der Waals surface area contributed by atoms with Crippen LogP contribution in [0.2, 0.25) is 0 Å². The van der Waals surface area contributed by atoms with Crippen LogP contribution in [0.4, 0.5) is 0 Å². The fraction of sp³-hybridized carbons (Fsp3) is 0.913. The molecule has 0 aromatic heterocycles. The number of ether oxygens (including phenoxy) is 4. The van der Waals surface area contributed by atoms with Crippen molar-refractivity contribution >= 4 is 23.9 Å². The Hall–Kier alpha value is -2.12. The van der Waals surface area contributed by atoms with E-state index in [4.69, 9.17) is 18.9 Å². The molecule has 0 heterocycles. The van der Waals surface area contributed by atoms with E-state index >= 15 is 0 Å². The molecule has 0 aromatic carbocycles. The van der Waals surface area contributed by atoms with Crippen molar-refractivity contribution in [1.82, 2.24) is 0 Å². The predicted molar refractivity (Wildman–Crippen MR) is 219 cm³/mol. The molecule has 0 amide bonds. The maximum atomic E-state index is 14.5. The third kappa shape index (κ3) is 18.7. The number of hydrogen-bond donors (Lipinski definition) is 0. The average Bonchev–Trinajstić information content (AvgIpc) is 3.18. The summed E-state index contributed by atoms with van der Waals surface area (Å²) in [5, 5.41) is 0. The third-order valence-electron chi connectivity index (χ3n) is 11.4. The van der Waals surface area contributed by atoms with E-state index in [0.29, 0.717) is 38.5 Å². The summed E-state index contributed by atoms with van der Waals surface area (Å²) in [5.74, 6) is -3.39. The summed E-state index contributed by atoms with van der Waals surface area (Å²) < 4.78 is 23.6. The van der Waals surface area contributed by atoms with Gasteiger partial charge in [0.05, 0.1) is 26.4 Å². The molecule has 0 radical (unpaired) electrons. The van der Waals surface area contributed by atoms with Gasteiger partial charge in [0.25, 0.3) is 0 Å². The summed E-state index contributed by atoms with van der Waals surface area (Å²) in [4.78, 5) is 57.8. The lowest BCUT2D eigenvalue weighted by Gasteiger charge is -2.45. The highest BCUT2D eigenvalue weighted by molar-refractivity contribution is 6.14. The fourth-order valence-corrected chi connectivity index (χ4v) is 7.87. The Morgan fingerprint density at radius 3 is 0.704 bits per heavy atom. The first-order chi connectivity index (χ1) is 26.4. The molecule has 1 rings (SSSR count). The Bertz CT molecular complexity index is 822. The van der Waals surface area contributed by atoms with Crippen molar-refractivity contribution in [3.05, 3.63) is 0 Å². The molecule has 0 saturated heterocycles. The molecular formula is C46H84O8. The molecule has 0 N–H and O–H groups in total. The van der Waals surface area contributed by atoms with Crippen LogP contribution in [0.15, 0.2) is 0 Å². The summed E-state index contributed by atoms with van der Waals surface area (Å²) in [6.07, 6.45) is 30.2. The lowest BCUT2D eigenvalue weighted by molar-refractivity contribution is -0.209. The van der Waals surface area contributed by atoms with E-state index in [0.717, 1.165) is 77.0 Å². The number of esters is 4. The van der Waals surface area contributed by atoms with Gasteiger partial charge in [-0.2, -0.15) is 0 Å².